The third-order valence-corrected chi connectivity index (χ3v) is 6.24. The Balaban J connectivity index is 1.81. The summed E-state index contributed by atoms with van der Waals surface area (Å²) in [4.78, 5) is 12.3. The highest BCUT2D eigenvalue weighted by molar-refractivity contribution is 9.10. The summed E-state index contributed by atoms with van der Waals surface area (Å²) in [6.45, 7) is 0.454. The average Bonchev–Trinajstić information content (AvgIpc) is 2.62. The Morgan fingerprint density at radius 2 is 2.00 bits per heavy atom. The highest BCUT2D eigenvalue weighted by Gasteiger charge is 2.29. The molecule has 24 heavy (non-hydrogen) atoms. The van der Waals surface area contributed by atoms with Crippen molar-refractivity contribution in [2.24, 2.45) is 0 Å². The Bertz CT molecular complexity index is 832. The Hall–Kier alpha value is -1.17. The number of hydrogen-bond donors (Lipinski definition) is 1. The van der Waals surface area contributed by atoms with Crippen LogP contribution >= 0.6 is 31.9 Å². The van der Waals surface area contributed by atoms with Gasteiger partial charge in [-0.2, -0.15) is 0 Å². The predicted octanol–water partition coefficient (Wildman–Crippen LogP) is 4.57. The van der Waals surface area contributed by atoms with E-state index in [2.05, 4.69) is 37.9 Å². The molecule has 0 saturated heterocycles. The second kappa shape index (κ2) is 6.28. The minimum atomic E-state index is -0.520. The van der Waals surface area contributed by atoms with Crippen molar-refractivity contribution in [3.8, 4) is 16.9 Å². The number of carbonyl (C=O) groups is 1. The van der Waals surface area contributed by atoms with Crippen LogP contribution in [0.4, 0.5) is 0 Å². The van der Waals surface area contributed by atoms with Gasteiger partial charge in [0.1, 0.15) is 12.4 Å². The zero-order valence-corrected chi connectivity index (χ0v) is 16.1. The zero-order chi connectivity index (χ0) is 16.8. The van der Waals surface area contributed by atoms with Gasteiger partial charge in [0.05, 0.1) is 10.9 Å². The molecule has 2 aromatic carbocycles. The molecule has 0 spiro atoms. The maximum atomic E-state index is 12.4. The van der Waals surface area contributed by atoms with E-state index in [9.17, 15) is 9.90 Å². The number of carbonyl (C=O) groups excluding carboxylic acids is 1. The van der Waals surface area contributed by atoms with Crippen LogP contribution in [0.2, 0.25) is 0 Å². The molecule has 1 N–H and O–H groups in total. The highest BCUT2D eigenvalue weighted by atomic mass is 79.9. The summed E-state index contributed by atoms with van der Waals surface area (Å²) >= 11 is 6.76. The average molecular weight is 452 g/mol. The van der Waals surface area contributed by atoms with Crippen LogP contribution in [0.3, 0.4) is 0 Å². The first-order valence-corrected chi connectivity index (χ1v) is 9.97. The molecule has 1 aliphatic heterocycles. The van der Waals surface area contributed by atoms with Gasteiger partial charge >= 0.3 is 0 Å². The second-order valence-corrected chi connectivity index (χ2v) is 8.00. The maximum Gasteiger partial charge on any atom is 0.176 e. The number of hydrogen-bond acceptors (Lipinski definition) is 3. The number of ether oxygens (including phenoxy) is 1. The molecule has 1 heterocycles. The number of alkyl halides is 2. The molecule has 0 saturated carbocycles. The van der Waals surface area contributed by atoms with Crippen molar-refractivity contribution in [3.05, 3.63) is 52.6 Å². The van der Waals surface area contributed by atoms with E-state index in [0.29, 0.717) is 11.9 Å². The van der Waals surface area contributed by atoms with E-state index < -0.39 is 6.10 Å². The molecule has 2 aromatic rings. The van der Waals surface area contributed by atoms with Gasteiger partial charge in [0.25, 0.3) is 0 Å². The van der Waals surface area contributed by atoms with Crippen molar-refractivity contribution < 1.29 is 14.6 Å². The monoisotopic (exact) mass is 450 g/mol. The van der Waals surface area contributed by atoms with Gasteiger partial charge in [-0.3, -0.25) is 4.79 Å². The summed E-state index contributed by atoms with van der Waals surface area (Å²) < 4.78 is 5.91. The lowest BCUT2D eigenvalue weighted by Gasteiger charge is -2.26. The van der Waals surface area contributed by atoms with E-state index in [1.807, 2.05) is 24.3 Å². The summed E-state index contributed by atoms with van der Waals surface area (Å²) in [6, 6.07) is 10.00. The summed E-state index contributed by atoms with van der Waals surface area (Å²) in [7, 11) is 0. The van der Waals surface area contributed by atoms with Crippen LogP contribution in [0.25, 0.3) is 11.1 Å². The van der Waals surface area contributed by atoms with Crippen LogP contribution in [0.1, 0.15) is 39.6 Å². The molecule has 1 aliphatic carbocycles. The van der Waals surface area contributed by atoms with Crippen LogP contribution in [0, 0.1) is 0 Å². The van der Waals surface area contributed by atoms with Gasteiger partial charge in [-0.25, -0.2) is 0 Å². The molecule has 4 rings (SSSR count). The van der Waals surface area contributed by atoms with E-state index in [4.69, 9.17) is 4.74 Å². The second-order valence-electron chi connectivity index (χ2n) is 6.25. The fraction of sp³-hybridized carbons (Fsp3) is 0.316. The molecule has 2 aliphatic rings. The third kappa shape index (κ3) is 2.63. The topological polar surface area (TPSA) is 46.5 Å². The molecule has 124 valence electrons. The number of aliphatic hydroxyl groups is 1. The van der Waals surface area contributed by atoms with E-state index >= 15 is 0 Å². The predicted molar refractivity (Wildman–Crippen MR) is 100 cm³/mol. The van der Waals surface area contributed by atoms with E-state index in [0.717, 1.165) is 52.0 Å². The Labute approximate surface area is 157 Å². The van der Waals surface area contributed by atoms with Gasteiger partial charge in [-0.05, 0) is 53.3 Å². The first kappa shape index (κ1) is 16.3. The number of halogens is 2. The molecular formula is C19H16Br2O3. The van der Waals surface area contributed by atoms with Gasteiger partial charge < -0.3 is 9.84 Å². The Morgan fingerprint density at radius 3 is 2.79 bits per heavy atom. The summed E-state index contributed by atoms with van der Waals surface area (Å²) in [5.41, 5.74) is 5.98. The van der Waals surface area contributed by atoms with E-state index in [1.165, 1.54) is 0 Å². The quantitative estimate of drug-likeness (QED) is 0.680. The lowest BCUT2D eigenvalue weighted by atomic mass is 9.85. The summed E-state index contributed by atoms with van der Waals surface area (Å²) in [5, 5.41) is 10.5. The van der Waals surface area contributed by atoms with Crippen LogP contribution in [0.15, 0.2) is 30.3 Å². The molecule has 0 aromatic heterocycles. The fourth-order valence-electron chi connectivity index (χ4n) is 3.42. The van der Waals surface area contributed by atoms with Crippen molar-refractivity contribution in [3.63, 3.8) is 0 Å². The van der Waals surface area contributed by atoms with Crippen LogP contribution in [-0.4, -0.2) is 21.0 Å². The number of rotatable bonds is 2. The van der Waals surface area contributed by atoms with Crippen LogP contribution in [0.5, 0.6) is 5.75 Å². The zero-order valence-electron chi connectivity index (χ0n) is 12.9. The van der Waals surface area contributed by atoms with Gasteiger partial charge in [-0.1, -0.05) is 44.0 Å². The van der Waals surface area contributed by atoms with Crippen LogP contribution in [-0.2, 0) is 13.0 Å². The maximum absolute atomic E-state index is 12.4. The lowest BCUT2D eigenvalue weighted by Crippen LogP contribution is -2.23. The minimum Gasteiger partial charge on any atom is -0.488 e. The van der Waals surface area contributed by atoms with Crippen molar-refractivity contribution in [2.45, 2.75) is 30.4 Å². The highest BCUT2D eigenvalue weighted by Crippen LogP contribution is 2.42. The normalized spacial score (nSPS) is 19.8. The van der Waals surface area contributed by atoms with E-state index in [-0.39, 0.29) is 10.6 Å². The largest absolute Gasteiger partial charge is 0.488 e. The molecule has 2 unspecified atom stereocenters. The Kier molecular flexibility index (Phi) is 4.27. The molecular weight excluding hydrogens is 436 g/mol. The number of aryl methyl sites for hydroxylation is 1. The number of Topliss-reactive ketones (excluding diaryl/α,β-unsaturated/α-hetero) is 1. The van der Waals surface area contributed by atoms with Crippen molar-refractivity contribution >= 4 is 37.6 Å². The van der Waals surface area contributed by atoms with Crippen molar-refractivity contribution in [1.29, 1.82) is 0 Å². The molecule has 5 heteroatoms. The SMILES string of the molecule is O=C1c2cc3c(cc2CCC1Br)-c1ccc(C(O)CBr)cc1CO3. The molecule has 0 amide bonds. The Morgan fingerprint density at radius 1 is 1.17 bits per heavy atom. The summed E-state index contributed by atoms with van der Waals surface area (Å²) in [6.07, 6.45) is 1.20. The van der Waals surface area contributed by atoms with Crippen molar-refractivity contribution in [1.82, 2.24) is 0 Å². The minimum absolute atomic E-state index is 0.0905. The van der Waals surface area contributed by atoms with Crippen LogP contribution < -0.4 is 4.74 Å². The van der Waals surface area contributed by atoms with Gasteiger partial charge in [0.2, 0.25) is 0 Å². The third-order valence-electron chi connectivity index (χ3n) is 4.76. The number of aliphatic hydroxyl groups excluding tert-OH is 1. The number of benzene rings is 2. The smallest absolute Gasteiger partial charge is 0.176 e. The first-order chi connectivity index (χ1) is 11.6. The molecule has 0 fully saturated rings. The molecule has 2 atom stereocenters. The van der Waals surface area contributed by atoms with Gasteiger partial charge in [0, 0.05) is 16.5 Å². The fourth-order valence-corrected chi connectivity index (χ4v) is 4.27. The first-order valence-electron chi connectivity index (χ1n) is 7.93. The van der Waals surface area contributed by atoms with E-state index in [1.54, 1.807) is 0 Å². The molecule has 0 bridgehead atoms. The molecule has 0 radical (unpaired) electrons. The van der Waals surface area contributed by atoms with Gasteiger partial charge in [0.15, 0.2) is 5.78 Å². The molecule has 3 nitrogen and oxygen atoms in total. The summed E-state index contributed by atoms with van der Waals surface area (Å²) in [5.74, 6) is 0.911. The lowest BCUT2D eigenvalue weighted by molar-refractivity contribution is 0.0981. The van der Waals surface area contributed by atoms with Crippen molar-refractivity contribution in [2.75, 3.05) is 5.33 Å². The standard InChI is InChI=1S/C19H16Br2O3/c20-8-17(22)11-1-3-13-12(5-11)9-24-18-7-14-10(6-15(13)18)2-4-16(21)19(14)23/h1,3,5-7,16-17,22H,2,4,8-9H2. The number of fused-ring (bicyclic) bond motifs is 4. The van der Waals surface area contributed by atoms with Gasteiger partial charge in [-0.15, -0.1) is 0 Å². The number of ketones is 1.